The first-order valence-electron chi connectivity index (χ1n) is 15.5. The Kier molecular flexibility index (Phi) is 15.6. The van der Waals surface area contributed by atoms with Gasteiger partial charge in [0.05, 0.1) is 17.9 Å². The summed E-state index contributed by atoms with van der Waals surface area (Å²) in [6.45, 7) is 8.09. The van der Waals surface area contributed by atoms with E-state index < -0.39 is 60.7 Å². The largest absolute Gasteiger partial charge is 0.506 e. The molecular weight excluding hydrogens is 612 g/mol. The quantitative estimate of drug-likeness (QED) is 0.163. The SMILES string of the molecule is CO[C@H]1/C=C\C=C(/C)C(=O)NC2=CC(O)C(NCCN(C)C)=C(C[C@@H](C)C[C@H](OC)[C@H](O)[C@@H](C)/C=C(\C)[C@@H]1OC(N)=O)C2OC(=O)O. The van der Waals surface area contributed by atoms with Gasteiger partial charge in [-0.25, -0.2) is 9.59 Å². The van der Waals surface area contributed by atoms with Gasteiger partial charge in [0.15, 0.2) is 12.2 Å². The number of nitrogens with one attached hydrogen (secondary N) is 2. The molecule has 1 heterocycles. The van der Waals surface area contributed by atoms with Crippen LogP contribution in [0.5, 0.6) is 0 Å². The number of rotatable bonds is 8. The molecule has 0 aromatic carbocycles. The Labute approximate surface area is 276 Å². The van der Waals surface area contributed by atoms with Crippen LogP contribution in [-0.2, 0) is 23.7 Å². The molecule has 7 N–H and O–H groups in total. The molecule has 1 aliphatic heterocycles. The molecule has 2 aliphatic rings. The van der Waals surface area contributed by atoms with Gasteiger partial charge in [-0.3, -0.25) is 4.79 Å². The molecule has 0 spiro atoms. The summed E-state index contributed by atoms with van der Waals surface area (Å²) in [5, 5.41) is 38.3. The molecule has 14 heteroatoms. The summed E-state index contributed by atoms with van der Waals surface area (Å²) >= 11 is 0. The minimum atomic E-state index is -1.56. The zero-order valence-corrected chi connectivity index (χ0v) is 28.6. The van der Waals surface area contributed by atoms with Gasteiger partial charge in [0.25, 0.3) is 5.91 Å². The highest BCUT2D eigenvalue weighted by molar-refractivity contribution is 5.94. The van der Waals surface area contributed by atoms with Gasteiger partial charge >= 0.3 is 12.2 Å². The monoisotopic (exact) mass is 664 g/mol. The van der Waals surface area contributed by atoms with Crippen LogP contribution in [-0.4, -0.2) is 116 Å². The lowest BCUT2D eigenvalue weighted by Gasteiger charge is -2.34. The van der Waals surface area contributed by atoms with Crippen molar-refractivity contribution >= 4 is 18.2 Å². The molecule has 0 saturated heterocycles. The molecule has 2 amide bonds. The van der Waals surface area contributed by atoms with Crippen molar-refractivity contribution in [3.8, 4) is 0 Å². The van der Waals surface area contributed by atoms with Gasteiger partial charge in [-0.15, -0.1) is 0 Å². The number of hydrogen-bond acceptors (Lipinski definition) is 11. The van der Waals surface area contributed by atoms with Crippen LogP contribution in [0.4, 0.5) is 9.59 Å². The van der Waals surface area contributed by atoms with Gasteiger partial charge < -0.3 is 55.5 Å². The standard InChI is InChI=1S/C33H52N4O10/c1-18-14-22-27(35-12-13-37(5)6)24(38)17-23(30(22)47-33(42)43)36-31(40)19(2)10-9-11-25(44-7)29(46-32(34)41)21(4)16-20(3)28(39)26(15-18)45-8/h9-11,16-18,20,24-26,28-30,35,38-39H,12-15H2,1-8H3,(H2,34,41)(H,36,40)(H,42,43)/b11-9-,19-10+,21-16+/t18-,20+,24?,25+,26+,28-,29+,30?/m1/s1. The molecule has 0 radical (unpaired) electrons. The molecule has 0 aromatic rings. The van der Waals surface area contributed by atoms with E-state index >= 15 is 0 Å². The van der Waals surface area contributed by atoms with Crippen LogP contribution in [0.1, 0.15) is 40.5 Å². The van der Waals surface area contributed by atoms with Crippen LogP contribution in [0.15, 0.2) is 58.5 Å². The molecule has 8 atom stereocenters. The van der Waals surface area contributed by atoms with Crippen molar-refractivity contribution in [1.29, 1.82) is 0 Å². The summed E-state index contributed by atoms with van der Waals surface area (Å²) in [6, 6.07) is 0. The molecule has 0 aromatic heterocycles. The number of methoxy groups -OCH3 is 2. The third-order valence-corrected chi connectivity index (χ3v) is 8.15. The van der Waals surface area contributed by atoms with Crippen LogP contribution in [0.3, 0.4) is 0 Å². The molecule has 14 nitrogen and oxygen atoms in total. The Morgan fingerprint density at radius 3 is 2.36 bits per heavy atom. The number of aliphatic hydroxyl groups excluding tert-OH is 2. The van der Waals surface area contributed by atoms with Crippen molar-refractivity contribution in [2.45, 2.75) is 77.2 Å². The number of aliphatic hydroxyl groups is 2. The van der Waals surface area contributed by atoms with Gasteiger partial charge in [-0.05, 0) is 63.9 Å². The fraction of sp³-hybridized carbons (Fsp3) is 0.606. The number of ether oxygens (including phenoxy) is 4. The van der Waals surface area contributed by atoms with E-state index in [4.69, 9.17) is 24.7 Å². The number of amides is 2. The zero-order chi connectivity index (χ0) is 35.4. The lowest BCUT2D eigenvalue weighted by Crippen LogP contribution is -2.43. The Morgan fingerprint density at radius 1 is 1.11 bits per heavy atom. The molecular formula is C33H52N4O10. The first kappa shape index (κ1) is 39.5. The number of nitrogens with two attached hydrogens (primary N) is 1. The number of carbonyl (C=O) groups excluding carboxylic acids is 2. The molecule has 1 aliphatic carbocycles. The lowest BCUT2D eigenvalue weighted by atomic mass is 9.84. The molecule has 2 rings (SSSR count). The van der Waals surface area contributed by atoms with E-state index in [1.807, 2.05) is 25.9 Å². The van der Waals surface area contributed by atoms with E-state index in [-0.39, 0.29) is 23.6 Å². The topological polar surface area (TPSA) is 202 Å². The first-order valence-corrected chi connectivity index (χ1v) is 15.5. The normalized spacial score (nSPS) is 32.7. The van der Waals surface area contributed by atoms with Crippen molar-refractivity contribution in [3.63, 3.8) is 0 Å². The zero-order valence-electron chi connectivity index (χ0n) is 28.6. The predicted molar refractivity (Wildman–Crippen MR) is 175 cm³/mol. The van der Waals surface area contributed by atoms with Crippen molar-refractivity contribution in [1.82, 2.24) is 15.5 Å². The highest BCUT2D eigenvalue weighted by Gasteiger charge is 2.36. The van der Waals surface area contributed by atoms with Crippen molar-refractivity contribution in [2.24, 2.45) is 17.6 Å². The fourth-order valence-corrected chi connectivity index (χ4v) is 5.69. The van der Waals surface area contributed by atoms with Gasteiger partial charge in [0.2, 0.25) is 0 Å². The smallest absolute Gasteiger partial charge is 0.450 e. The Hall–Kier alpha value is -3.69. The lowest BCUT2D eigenvalue weighted by molar-refractivity contribution is -0.117. The maximum absolute atomic E-state index is 13.3. The molecule has 2 unspecified atom stereocenters. The number of likely N-dealkylation sites (N-methyl/N-ethyl adjacent to an activating group) is 1. The van der Waals surface area contributed by atoms with E-state index in [1.165, 1.54) is 26.4 Å². The van der Waals surface area contributed by atoms with Crippen molar-refractivity contribution in [3.05, 3.63) is 58.5 Å². The minimum Gasteiger partial charge on any atom is -0.450 e. The summed E-state index contributed by atoms with van der Waals surface area (Å²) in [7, 11) is 6.72. The van der Waals surface area contributed by atoms with E-state index in [1.54, 1.807) is 39.0 Å². The van der Waals surface area contributed by atoms with Gasteiger partial charge in [-0.1, -0.05) is 38.2 Å². The van der Waals surface area contributed by atoms with Gasteiger partial charge in [-0.2, -0.15) is 0 Å². The molecule has 0 saturated carbocycles. The highest BCUT2D eigenvalue weighted by atomic mass is 16.7. The van der Waals surface area contributed by atoms with Crippen molar-refractivity contribution < 1.29 is 48.7 Å². The average molecular weight is 665 g/mol. The molecule has 0 fully saturated rings. The number of fused-ring (bicyclic) bond motifs is 2. The van der Waals surface area contributed by atoms with Crippen LogP contribution < -0.4 is 16.4 Å². The van der Waals surface area contributed by atoms with Gasteiger partial charge in [0, 0.05) is 44.5 Å². The summed E-state index contributed by atoms with van der Waals surface area (Å²) in [5.41, 5.74) is 7.10. The predicted octanol–water partition coefficient (Wildman–Crippen LogP) is 2.20. The van der Waals surface area contributed by atoms with E-state index in [0.29, 0.717) is 36.4 Å². The summed E-state index contributed by atoms with van der Waals surface area (Å²) in [4.78, 5) is 39.0. The fourth-order valence-electron chi connectivity index (χ4n) is 5.69. The third-order valence-electron chi connectivity index (χ3n) is 8.15. The number of nitrogens with zero attached hydrogens (tertiary/aromatic N) is 1. The maximum atomic E-state index is 13.3. The third kappa shape index (κ3) is 11.8. The second-order valence-corrected chi connectivity index (χ2v) is 12.3. The second-order valence-electron chi connectivity index (χ2n) is 12.3. The van der Waals surface area contributed by atoms with Gasteiger partial charge in [0.1, 0.15) is 12.2 Å². The number of allylic oxidation sites excluding steroid dienone is 2. The van der Waals surface area contributed by atoms with Crippen LogP contribution in [0.2, 0.25) is 0 Å². The second kappa shape index (κ2) is 18.6. The number of primary amides is 1. The highest BCUT2D eigenvalue weighted by Crippen LogP contribution is 2.33. The minimum absolute atomic E-state index is 0.0707. The summed E-state index contributed by atoms with van der Waals surface area (Å²) in [6.07, 6.45) is -0.0130. The van der Waals surface area contributed by atoms with E-state index in [0.717, 1.165) is 0 Å². The Morgan fingerprint density at radius 2 is 1.79 bits per heavy atom. The summed E-state index contributed by atoms with van der Waals surface area (Å²) < 4.78 is 22.1. The Bertz CT molecular complexity index is 1260. The maximum Gasteiger partial charge on any atom is 0.506 e. The van der Waals surface area contributed by atoms with Crippen molar-refractivity contribution in [2.75, 3.05) is 41.4 Å². The van der Waals surface area contributed by atoms with E-state index in [9.17, 15) is 29.7 Å². The Balaban J connectivity index is 2.70. The molecule has 2 bridgehead atoms. The first-order chi connectivity index (χ1) is 22.1. The van der Waals surface area contributed by atoms with E-state index in [2.05, 4.69) is 10.6 Å². The number of hydrogen-bond donors (Lipinski definition) is 6. The molecule has 47 heavy (non-hydrogen) atoms. The molecule has 264 valence electrons. The number of carboxylic acid groups (broad SMARTS) is 1. The average Bonchev–Trinajstić information content (AvgIpc) is 2.98. The van der Waals surface area contributed by atoms with Crippen LogP contribution in [0, 0.1) is 11.8 Å². The van der Waals surface area contributed by atoms with Crippen LogP contribution >= 0.6 is 0 Å². The van der Waals surface area contributed by atoms with Crippen LogP contribution in [0.25, 0.3) is 0 Å². The summed E-state index contributed by atoms with van der Waals surface area (Å²) in [5.74, 6) is -1.24. The number of carbonyl (C=O) groups is 3.